The quantitative estimate of drug-likeness (QED) is 0.176. The van der Waals surface area contributed by atoms with Gasteiger partial charge in [0, 0.05) is 22.9 Å². The third kappa shape index (κ3) is 1.74. The van der Waals surface area contributed by atoms with E-state index in [4.69, 9.17) is 4.42 Å². The van der Waals surface area contributed by atoms with Crippen molar-refractivity contribution < 1.29 is 9.34 Å². The first-order chi connectivity index (χ1) is 10.6. The lowest BCUT2D eigenvalue weighted by Gasteiger charge is -2.04. The molecule has 6 nitrogen and oxygen atoms in total. The van der Waals surface area contributed by atoms with Crippen LogP contribution in [0.1, 0.15) is 0 Å². The molecule has 2 aromatic heterocycles. The van der Waals surface area contributed by atoms with Gasteiger partial charge in [0.05, 0.1) is 21.3 Å². The number of hydrogen-bond donors (Lipinski definition) is 0. The molecule has 0 unspecified atom stereocenters. The monoisotopic (exact) mass is 292 g/mol. The zero-order chi connectivity index (χ0) is 15.3. The van der Waals surface area contributed by atoms with Crippen LogP contribution in [0.15, 0.2) is 57.7 Å². The molecule has 2 aromatic carbocycles. The van der Waals surface area contributed by atoms with Gasteiger partial charge in [-0.25, -0.2) is 9.78 Å². The molecular weight excluding hydrogens is 284 g/mol. The highest BCUT2D eigenvalue weighted by molar-refractivity contribution is 6.05. The van der Waals surface area contributed by atoms with Gasteiger partial charge in [-0.05, 0) is 24.3 Å². The minimum absolute atomic E-state index is 0.0428. The van der Waals surface area contributed by atoms with Crippen LogP contribution in [-0.4, -0.2) is 9.91 Å². The number of fused-ring (bicyclic) bond motifs is 4. The number of pyridine rings is 1. The molecule has 0 amide bonds. The summed E-state index contributed by atoms with van der Waals surface area (Å²) in [7, 11) is 0. The fourth-order valence-corrected chi connectivity index (χ4v) is 2.54. The molecule has 0 fully saturated rings. The molecule has 6 heteroatoms. The maximum Gasteiger partial charge on any atom is 0.345 e. The predicted molar refractivity (Wildman–Crippen MR) is 81.9 cm³/mol. The largest absolute Gasteiger partial charge is 0.422 e. The summed E-state index contributed by atoms with van der Waals surface area (Å²) in [6.07, 6.45) is 0. The van der Waals surface area contributed by atoms with Crippen LogP contribution in [-0.2, 0) is 0 Å². The van der Waals surface area contributed by atoms with Crippen LogP contribution in [0.2, 0.25) is 0 Å². The second-order valence-corrected chi connectivity index (χ2v) is 4.90. The summed E-state index contributed by atoms with van der Waals surface area (Å²) in [6.45, 7) is 0. The third-order valence-electron chi connectivity index (χ3n) is 3.57. The van der Waals surface area contributed by atoms with Gasteiger partial charge in [0.1, 0.15) is 5.58 Å². The molecule has 0 aliphatic carbocycles. The van der Waals surface area contributed by atoms with E-state index in [0.29, 0.717) is 27.4 Å². The fraction of sp³-hybridized carbons (Fsp3) is 0. The third-order valence-corrected chi connectivity index (χ3v) is 3.57. The van der Waals surface area contributed by atoms with E-state index in [1.807, 2.05) is 12.1 Å². The number of nitro groups is 1. The van der Waals surface area contributed by atoms with Crippen molar-refractivity contribution in [1.29, 1.82) is 0 Å². The van der Waals surface area contributed by atoms with Crippen LogP contribution >= 0.6 is 0 Å². The van der Waals surface area contributed by atoms with Crippen LogP contribution in [0.25, 0.3) is 32.8 Å². The highest BCUT2D eigenvalue weighted by atomic mass is 16.6. The van der Waals surface area contributed by atoms with Crippen molar-refractivity contribution in [2.45, 2.75) is 0 Å². The van der Waals surface area contributed by atoms with E-state index in [9.17, 15) is 14.9 Å². The van der Waals surface area contributed by atoms with Gasteiger partial charge in [-0.1, -0.05) is 12.1 Å². The molecule has 0 bridgehead atoms. The molecule has 0 aliphatic rings. The summed E-state index contributed by atoms with van der Waals surface area (Å²) in [5.41, 5.74) is 1.05. The van der Waals surface area contributed by atoms with Gasteiger partial charge in [-0.2, -0.15) is 0 Å². The van der Waals surface area contributed by atoms with Crippen LogP contribution in [0.4, 0.5) is 5.69 Å². The Labute approximate surface area is 122 Å². The lowest BCUT2D eigenvalue weighted by Crippen LogP contribution is -2.01. The van der Waals surface area contributed by atoms with Crippen molar-refractivity contribution in [3.63, 3.8) is 0 Å². The number of nitrogens with zero attached hydrogens (tertiary/aromatic N) is 2. The summed E-state index contributed by atoms with van der Waals surface area (Å²) < 4.78 is 5.27. The van der Waals surface area contributed by atoms with Crippen LogP contribution in [0, 0.1) is 10.1 Å². The van der Waals surface area contributed by atoms with Gasteiger partial charge in [-0.3, -0.25) is 10.1 Å². The van der Waals surface area contributed by atoms with Crippen LogP contribution in [0.3, 0.4) is 0 Å². The highest BCUT2D eigenvalue weighted by Gasteiger charge is 2.12. The SMILES string of the molecule is O=c1oc2ccccc2c2nc3ccc([N+](=O)[O-])cc3cc12. The molecule has 22 heavy (non-hydrogen) atoms. The van der Waals surface area contributed by atoms with E-state index in [2.05, 4.69) is 4.98 Å². The van der Waals surface area contributed by atoms with Crippen molar-refractivity contribution in [3.05, 3.63) is 69.1 Å². The van der Waals surface area contributed by atoms with E-state index in [1.165, 1.54) is 12.1 Å². The van der Waals surface area contributed by atoms with Gasteiger partial charge >= 0.3 is 5.63 Å². The number of para-hydroxylation sites is 1. The lowest BCUT2D eigenvalue weighted by atomic mass is 10.1. The maximum absolute atomic E-state index is 12.1. The van der Waals surface area contributed by atoms with Crippen LogP contribution < -0.4 is 5.63 Å². The van der Waals surface area contributed by atoms with Gasteiger partial charge in [0.2, 0.25) is 0 Å². The molecule has 0 atom stereocenters. The summed E-state index contributed by atoms with van der Waals surface area (Å²) in [5.74, 6) is 0. The summed E-state index contributed by atoms with van der Waals surface area (Å²) in [6, 6.07) is 13.1. The van der Waals surface area contributed by atoms with Gasteiger partial charge in [0.25, 0.3) is 5.69 Å². The number of nitro benzene ring substituents is 1. The first-order valence-corrected chi connectivity index (χ1v) is 6.54. The second-order valence-electron chi connectivity index (χ2n) is 4.90. The Balaban J connectivity index is 2.19. The summed E-state index contributed by atoms with van der Waals surface area (Å²) in [5, 5.41) is 12.4. The average molecular weight is 292 g/mol. The number of hydrogen-bond acceptors (Lipinski definition) is 5. The molecule has 4 aromatic rings. The van der Waals surface area contributed by atoms with Gasteiger partial charge < -0.3 is 4.42 Å². The first-order valence-electron chi connectivity index (χ1n) is 6.54. The van der Waals surface area contributed by atoms with Crippen LogP contribution in [0.5, 0.6) is 0 Å². The standard InChI is InChI=1S/C16H8N2O4/c19-16-12-8-9-7-10(18(20)21)5-6-13(9)17-15(12)11-3-1-2-4-14(11)22-16/h1-8H. The minimum atomic E-state index is -0.505. The molecule has 0 N–H and O–H groups in total. The Morgan fingerprint density at radius 3 is 2.68 bits per heavy atom. The molecule has 0 radical (unpaired) electrons. The molecule has 106 valence electrons. The van der Waals surface area contributed by atoms with E-state index in [1.54, 1.807) is 24.3 Å². The zero-order valence-electron chi connectivity index (χ0n) is 11.1. The van der Waals surface area contributed by atoms with Crippen molar-refractivity contribution >= 4 is 38.5 Å². The Bertz CT molecular complexity index is 1130. The Hall–Kier alpha value is -3.28. The molecule has 0 saturated carbocycles. The van der Waals surface area contributed by atoms with E-state index in [-0.39, 0.29) is 5.69 Å². The van der Waals surface area contributed by atoms with Gasteiger partial charge in [0.15, 0.2) is 0 Å². The second kappa shape index (κ2) is 4.36. The van der Waals surface area contributed by atoms with E-state index in [0.717, 1.165) is 5.39 Å². The number of rotatable bonds is 1. The molecule has 0 saturated heterocycles. The summed E-state index contributed by atoms with van der Waals surface area (Å²) in [4.78, 5) is 27.0. The fourth-order valence-electron chi connectivity index (χ4n) is 2.54. The van der Waals surface area contributed by atoms with Crippen molar-refractivity contribution in [2.24, 2.45) is 0 Å². The topological polar surface area (TPSA) is 86.2 Å². The van der Waals surface area contributed by atoms with Crippen molar-refractivity contribution in [1.82, 2.24) is 4.98 Å². The molecule has 2 heterocycles. The maximum atomic E-state index is 12.1. The molecule has 0 spiro atoms. The minimum Gasteiger partial charge on any atom is -0.422 e. The van der Waals surface area contributed by atoms with Gasteiger partial charge in [-0.15, -0.1) is 0 Å². The number of non-ortho nitro benzene ring substituents is 1. The molecule has 4 rings (SSSR count). The Morgan fingerprint density at radius 2 is 1.86 bits per heavy atom. The Kier molecular flexibility index (Phi) is 2.47. The predicted octanol–water partition coefficient (Wildman–Crippen LogP) is 3.40. The zero-order valence-corrected chi connectivity index (χ0v) is 11.1. The lowest BCUT2D eigenvalue weighted by molar-refractivity contribution is -0.384. The summed E-state index contributed by atoms with van der Waals surface area (Å²) >= 11 is 0. The average Bonchev–Trinajstić information content (AvgIpc) is 2.53. The van der Waals surface area contributed by atoms with E-state index >= 15 is 0 Å². The number of benzene rings is 2. The molecule has 0 aliphatic heterocycles. The highest BCUT2D eigenvalue weighted by Crippen LogP contribution is 2.26. The normalized spacial score (nSPS) is 11.3. The Morgan fingerprint density at radius 1 is 1.05 bits per heavy atom. The first kappa shape index (κ1) is 12.5. The number of aromatic nitrogens is 1. The van der Waals surface area contributed by atoms with E-state index < -0.39 is 10.5 Å². The van der Waals surface area contributed by atoms with Crippen molar-refractivity contribution in [2.75, 3.05) is 0 Å². The van der Waals surface area contributed by atoms with Crippen molar-refractivity contribution in [3.8, 4) is 0 Å². The smallest absolute Gasteiger partial charge is 0.345 e. The molecular formula is C16H8N2O4.